The van der Waals surface area contributed by atoms with Gasteiger partial charge in [0.25, 0.3) is 0 Å². The second kappa shape index (κ2) is 10.5. The number of carboxylic acids is 1. The Kier molecular flexibility index (Phi) is 7.24. The number of fused-ring (bicyclic) bond motifs is 1. The first-order valence-corrected chi connectivity index (χ1v) is 11.2. The van der Waals surface area contributed by atoms with Crippen LogP contribution in [0, 0.1) is 0 Å². The number of carbonyl (C=O) groups is 1. The van der Waals surface area contributed by atoms with E-state index in [-0.39, 0.29) is 25.6 Å². The van der Waals surface area contributed by atoms with E-state index in [1.165, 1.54) is 18.4 Å². The molecule has 1 aliphatic heterocycles. The van der Waals surface area contributed by atoms with Crippen molar-refractivity contribution < 1.29 is 38.3 Å². The minimum absolute atomic E-state index is 0.0692. The highest BCUT2D eigenvalue weighted by Crippen LogP contribution is 2.41. The maximum Gasteiger partial charge on any atom is 0.331 e. The van der Waals surface area contributed by atoms with Crippen LogP contribution >= 0.6 is 11.3 Å². The third kappa shape index (κ3) is 4.95. The molecular formula is C25H24O8S. The molecular weight excluding hydrogens is 460 g/mol. The van der Waals surface area contributed by atoms with Crippen molar-refractivity contribution >= 4 is 23.4 Å². The predicted molar refractivity (Wildman–Crippen MR) is 127 cm³/mol. The molecule has 0 radical (unpaired) electrons. The summed E-state index contributed by atoms with van der Waals surface area (Å²) >= 11 is 1.44. The third-order valence-corrected chi connectivity index (χ3v) is 6.11. The number of methoxy groups -OCH3 is 3. The van der Waals surface area contributed by atoms with E-state index in [4.69, 9.17) is 28.4 Å². The standard InChI is InChI=1S/C25H24O8S/c1-28-13-31-21-11-17(29-2)4-5-18(21)19-6-7-34-24(19)10-16(25(26)27)8-15-9-22-23(33-14-32-22)12-20(15)30-3/h4-7,9-12H,8,13-14H2,1-3H3,(H,26,27)/b16-10+. The quantitative estimate of drug-likeness (QED) is 0.322. The van der Waals surface area contributed by atoms with Crippen LogP contribution in [0.3, 0.4) is 0 Å². The number of rotatable bonds is 10. The number of aliphatic carboxylic acids is 1. The van der Waals surface area contributed by atoms with E-state index < -0.39 is 5.97 Å². The van der Waals surface area contributed by atoms with Gasteiger partial charge in [0.05, 0.1) is 14.2 Å². The van der Waals surface area contributed by atoms with Gasteiger partial charge in [-0.05, 0) is 35.7 Å². The molecule has 34 heavy (non-hydrogen) atoms. The first-order chi connectivity index (χ1) is 16.5. The summed E-state index contributed by atoms with van der Waals surface area (Å²) in [7, 11) is 4.66. The second-order valence-electron chi connectivity index (χ2n) is 7.28. The molecule has 0 unspecified atom stereocenters. The van der Waals surface area contributed by atoms with Crippen LogP contribution in [0.15, 0.2) is 47.4 Å². The zero-order chi connectivity index (χ0) is 24.1. The fraction of sp³-hybridized carbons (Fsp3) is 0.240. The van der Waals surface area contributed by atoms with Gasteiger partial charge in [0, 0.05) is 52.8 Å². The van der Waals surface area contributed by atoms with Crippen LogP contribution in [0.1, 0.15) is 10.4 Å². The van der Waals surface area contributed by atoms with Crippen LogP contribution < -0.4 is 23.7 Å². The SMILES string of the molecule is COCOc1cc(OC)ccc1-c1ccsc1/C=C(\Cc1cc2c(cc1OC)OCO2)C(=O)O. The third-order valence-electron chi connectivity index (χ3n) is 5.24. The van der Waals surface area contributed by atoms with E-state index in [0.717, 1.165) is 16.0 Å². The van der Waals surface area contributed by atoms with Crippen molar-refractivity contribution in [3.8, 4) is 39.9 Å². The highest BCUT2D eigenvalue weighted by molar-refractivity contribution is 7.11. The van der Waals surface area contributed by atoms with E-state index in [1.54, 1.807) is 38.5 Å². The van der Waals surface area contributed by atoms with Gasteiger partial charge in [-0.25, -0.2) is 4.79 Å². The smallest absolute Gasteiger partial charge is 0.331 e. The highest BCUT2D eigenvalue weighted by atomic mass is 32.1. The summed E-state index contributed by atoms with van der Waals surface area (Å²) in [6.45, 7) is 0.192. The lowest BCUT2D eigenvalue weighted by Crippen LogP contribution is -2.05. The Labute approximate surface area is 200 Å². The number of thiophene rings is 1. The van der Waals surface area contributed by atoms with Crippen LogP contribution in [0.4, 0.5) is 0 Å². The molecule has 1 aromatic heterocycles. The fourth-order valence-corrected chi connectivity index (χ4v) is 4.46. The average molecular weight is 485 g/mol. The number of hydrogen-bond donors (Lipinski definition) is 1. The molecule has 0 bridgehead atoms. The maximum atomic E-state index is 12.2. The Morgan fingerprint density at radius 1 is 1.03 bits per heavy atom. The highest BCUT2D eigenvalue weighted by Gasteiger charge is 2.21. The molecule has 3 aromatic rings. The zero-order valence-corrected chi connectivity index (χ0v) is 19.8. The van der Waals surface area contributed by atoms with Gasteiger partial charge in [0.1, 0.15) is 17.2 Å². The fourth-order valence-electron chi connectivity index (χ4n) is 3.59. The van der Waals surface area contributed by atoms with E-state index in [9.17, 15) is 9.90 Å². The number of hydrogen-bond acceptors (Lipinski definition) is 8. The molecule has 0 fully saturated rings. The Morgan fingerprint density at radius 3 is 2.53 bits per heavy atom. The number of carboxylic acid groups (broad SMARTS) is 1. The minimum atomic E-state index is -1.02. The Hall–Kier alpha value is -3.69. The van der Waals surface area contributed by atoms with E-state index in [1.807, 2.05) is 23.6 Å². The van der Waals surface area contributed by atoms with Crippen molar-refractivity contribution in [1.82, 2.24) is 0 Å². The van der Waals surface area contributed by atoms with Crippen LogP contribution in [-0.4, -0.2) is 46.0 Å². The van der Waals surface area contributed by atoms with E-state index >= 15 is 0 Å². The first kappa shape index (κ1) is 23.5. The van der Waals surface area contributed by atoms with Crippen molar-refractivity contribution in [2.75, 3.05) is 34.9 Å². The van der Waals surface area contributed by atoms with Crippen molar-refractivity contribution in [3.63, 3.8) is 0 Å². The molecule has 2 heterocycles. The van der Waals surface area contributed by atoms with Crippen molar-refractivity contribution in [2.45, 2.75) is 6.42 Å². The predicted octanol–water partition coefficient (Wildman–Crippen LogP) is 4.85. The molecule has 4 rings (SSSR count). The van der Waals surface area contributed by atoms with Crippen LogP contribution in [0.5, 0.6) is 28.7 Å². The molecule has 2 aromatic carbocycles. The zero-order valence-electron chi connectivity index (χ0n) is 19.0. The van der Waals surface area contributed by atoms with Gasteiger partial charge in [-0.2, -0.15) is 0 Å². The van der Waals surface area contributed by atoms with Crippen LogP contribution in [0.2, 0.25) is 0 Å². The summed E-state index contributed by atoms with van der Waals surface area (Å²) in [4.78, 5) is 13.0. The lowest BCUT2D eigenvalue weighted by atomic mass is 10.00. The summed E-state index contributed by atoms with van der Waals surface area (Å²) in [5, 5.41) is 11.9. The molecule has 0 amide bonds. The Bertz CT molecular complexity index is 1210. The van der Waals surface area contributed by atoms with Gasteiger partial charge in [-0.3, -0.25) is 0 Å². The summed E-state index contributed by atoms with van der Waals surface area (Å²) in [6, 6.07) is 10.9. The van der Waals surface area contributed by atoms with Crippen molar-refractivity contribution in [1.29, 1.82) is 0 Å². The largest absolute Gasteiger partial charge is 0.497 e. The summed E-state index contributed by atoms with van der Waals surface area (Å²) in [5.74, 6) is 1.87. The van der Waals surface area contributed by atoms with Gasteiger partial charge in [0.2, 0.25) is 6.79 Å². The maximum absolute atomic E-state index is 12.2. The van der Waals surface area contributed by atoms with Crippen molar-refractivity contribution in [3.05, 3.63) is 57.8 Å². The molecule has 8 nitrogen and oxygen atoms in total. The summed E-state index contributed by atoms with van der Waals surface area (Å²) in [6.07, 6.45) is 1.82. The topological polar surface area (TPSA) is 92.7 Å². The minimum Gasteiger partial charge on any atom is -0.497 e. The van der Waals surface area contributed by atoms with E-state index in [0.29, 0.717) is 34.3 Å². The first-order valence-electron chi connectivity index (χ1n) is 10.3. The van der Waals surface area contributed by atoms with E-state index in [2.05, 4.69) is 0 Å². The van der Waals surface area contributed by atoms with Gasteiger partial charge in [-0.15, -0.1) is 11.3 Å². The van der Waals surface area contributed by atoms with Crippen LogP contribution in [-0.2, 0) is 16.0 Å². The monoisotopic (exact) mass is 484 g/mol. The molecule has 0 atom stereocenters. The number of benzene rings is 2. The van der Waals surface area contributed by atoms with Gasteiger partial charge in [0.15, 0.2) is 18.3 Å². The molecule has 1 N–H and O–H groups in total. The van der Waals surface area contributed by atoms with Crippen LogP contribution in [0.25, 0.3) is 17.2 Å². The molecule has 0 saturated carbocycles. The van der Waals surface area contributed by atoms with Crippen molar-refractivity contribution in [2.24, 2.45) is 0 Å². The Balaban J connectivity index is 1.71. The molecule has 9 heteroatoms. The normalized spacial score (nSPS) is 12.5. The summed E-state index contributed by atoms with van der Waals surface area (Å²) < 4.78 is 32.4. The molecule has 0 saturated heterocycles. The Morgan fingerprint density at radius 2 is 1.82 bits per heavy atom. The molecule has 1 aliphatic rings. The molecule has 0 aliphatic carbocycles. The summed E-state index contributed by atoms with van der Waals surface area (Å²) in [5.41, 5.74) is 2.53. The molecule has 0 spiro atoms. The van der Waals surface area contributed by atoms with Gasteiger partial charge >= 0.3 is 5.97 Å². The lowest BCUT2D eigenvalue weighted by molar-refractivity contribution is -0.132. The lowest BCUT2D eigenvalue weighted by Gasteiger charge is -2.13. The van der Waals surface area contributed by atoms with Gasteiger partial charge in [-0.1, -0.05) is 0 Å². The molecule has 178 valence electrons. The van der Waals surface area contributed by atoms with Gasteiger partial charge < -0.3 is 33.5 Å². The number of ether oxygens (including phenoxy) is 6. The average Bonchev–Trinajstić information content (AvgIpc) is 3.50. The second-order valence-corrected chi connectivity index (χ2v) is 8.23.